The van der Waals surface area contributed by atoms with Gasteiger partial charge in [0.1, 0.15) is 11.8 Å². The first-order chi connectivity index (χ1) is 9.91. The Kier molecular flexibility index (Phi) is 4.88. The summed E-state index contributed by atoms with van der Waals surface area (Å²) in [4.78, 5) is 10.9. The molecule has 0 aromatic heterocycles. The molecule has 1 amide bonds. The summed E-state index contributed by atoms with van der Waals surface area (Å²) < 4.78 is 5.97. The summed E-state index contributed by atoms with van der Waals surface area (Å²) in [5.74, 6) is 0.524. The summed E-state index contributed by atoms with van der Waals surface area (Å²) in [6, 6.07) is 8.77. The summed E-state index contributed by atoms with van der Waals surface area (Å²) >= 11 is 0. The second kappa shape index (κ2) is 6.48. The van der Waals surface area contributed by atoms with Crippen LogP contribution in [0.4, 0.5) is 4.79 Å². The van der Waals surface area contributed by atoms with Gasteiger partial charge in [-0.15, -0.1) is 0 Å². The number of rotatable bonds is 4. The van der Waals surface area contributed by atoms with Gasteiger partial charge < -0.3 is 15.0 Å². The predicted molar refractivity (Wildman–Crippen MR) is 84.0 cm³/mol. The quantitative estimate of drug-likeness (QED) is 0.861. The van der Waals surface area contributed by atoms with Crippen LogP contribution in [-0.4, -0.2) is 30.7 Å². The third kappa shape index (κ3) is 3.76. The molecule has 116 valence electrons. The lowest BCUT2D eigenvalue weighted by atomic mass is 9.90. The molecule has 0 spiro atoms. The monoisotopic (exact) mass is 291 g/mol. The van der Waals surface area contributed by atoms with Crippen LogP contribution in [0.5, 0.6) is 5.75 Å². The molecule has 1 saturated carbocycles. The molecule has 4 heteroatoms. The molecule has 1 aromatic rings. The fraction of sp³-hybridized carbons (Fsp3) is 0.588. The molecule has 0 aliphatic heterocycles. The lowest BCUT2D eigenvalue weighted by Gasteiger charge is -2.44. The predicted octanol–water partition coefficient (Wildman–Crippen LogP) is 3.61. The highest BCUT2D eigenvalue weighted by Crippen LogP contribution is 2.35. The van der Waals surface area contributed by atoms with Crippen molar-refractivity contribution in [1.82, 2.24) is 0 Å². The van der Waals surface area contributed by atoms with Crippen LogP contribution in [0.3, 0.4) is 0 Å². The average molecular weight is 291 g/mol. The van der Waals surface area contributed by atoms with Gasteiger partial charge in [0.2, 0.25) is 0 Å². The van der Waals surface area contributed by atoms with E-state index in [1.807, 2.05) is 12.1 Å². The van der Waals surface area contributed by atoms with Crippen LogP contribution in [-0.2, 0) is 0 Å². The van der Waals surface area contributed by atoms with Gasteiger partial charge in [0.15, 0.2) is 0 Å². The van der Waals surface area contributed by atoms with Crippen LogP contribution in [0.2, 0.25) is 0 Å². The van der Waals surface area contributed by atoms with Gasteiger partial charge in [-0.1, -0.05) is 18.6 Å². The Morgan fingerprint density at radius 3 is 2.57 bits per heavy atom. The highest BCUT2D eigenvalue weighted by atomic mass is 16.5. The number of amides is 1. The normalized spacial score (nSPS) is 18.2. The SMILES string of the molecule is CC(c1cccc(OC(N)=O)c1)[N+](C)(C)C1CCCCC1. The molecule has 2 N–H and O–H groups in total. The first-order valence-corrected chi connectivity index (χ1v) is 7.82. The van der Waals surface area contributed by atoms with Gasteiger partial charge >= 0.3 is 6.09 Å². The second-order valence-corrected chi connectivity index (χ2v) is 6.59. The maximum atomic E-state index is 10.9. The Bertz CT molecular complexity index is 493. The number of hydrogen-bond donors (Lipinski definition) is 1. The van der Waals surface area contributed by atoms with E-state index < -0.39 is 6.09 Å². The van der Waals surface area contributed by atoms with E-state index in [2.05, 4.69) is 27.1 Å². The van der Waals surface area contributed by atoms with E-state index in [0.717, 1.165) is 4.48 Å². The molecule has 1 aliphatic carbocycles. The van der Waals surface area contributed by atoms with Crippen LogP contribution < -0.4 is 10.5 Å². The van der Waals surface area contributed by atoms with Crippen molar-refractivity contribution in [3.63, 3.8) is 0 Å². The number of primary amides is 1. The van der Waals surface area contributed by atoms with E-state index in [4.69, 9.17) is 10.5 Å². The number of nitrogens with two attached hydrogens (primary N) is 1. The van der Waals surface area contributed by atoms with Crippen LogP contribution in [0.1, 0.15) is 50.6 Å². The molecule has 4 nitrogen and oxygen atoms in total. The van der Waals surface area contributed by atoms with Gasteiger partial charge in [-0.3, -0.25) is 0 Å². The minimum atomic E-state index is -0.763. The molecule has 1 atom stereocenters. The zero-order chi connectivity index (χ0) is 15.5. The van der Waals surface area contributed by atoms with Gasteiger partial charge in [-0.05, 0) is 44.7 Å². The van der Waals surface area contributed by atoms with Crippen molar-refractivity contribution in [3.05, 3.63) is 29.8 Å². The first-order valence-electron chi connectivity index (χ1n) is 7.82. The summed E-state index contributed by atoms with van der Waals surface area (Å²) in [5.41, 5.74) is 6.27. The van der Waals surface area contributed by atoms with Crippen molar-refractivity contribution in [2.24, 2.45) is 5.73 Å². The maximum absolute atomic E-state index is 10.9. The highest BCUT2D eigenvalue weighted by molar-refractivity contribution is 5.68. The number of carbonyl (C=O) groups excluding carboxylic acids is 1. The van der Waals surface area contributed by atoms with Crippen LogP contribution in [0.25, 0.3) is 0 Å². The number of nitrogens with zero attached hydrogens (tertiary/aromatic N) is 1. The van der Waals surface area contributed by atoms with Gasteiger partial charge in [0, 0.05) is 5.56 Å². The standard InChI is InChI=1S/C17H26N2O2/c1-13(19(2,3)15-9-5-4-6-10-15)14-8-7-11-16(12-14)21-17(18)20/h7-8,11-13,15H,4-6,9-10H2,1-3H3,(H-,18,20)/p+1. The molecule has 1 fully saturated rings. The number of carbonyl (C=O) groups is 1. The number of quaternary nitrogens is 1. The molecular weight excluding hydrogens is 264 g/mol. The first kappa shape index (κ1) is 15.8. The topological polar surface area (TPSA) is 52.3 Å². The Hall–Kier alpha value is -1.55. The summed E-state index contributed by atoms with van der Waals surface area (Å²) in [7, 11) is 4.62. The van der Waals surface area contributed by atoms with E-state index in [0.29, 0.717) is 17.8 Å². The molecule has 1 unspecified atom stereocenters. The molecule has 1 aliphatic rings. The zero-order valence-corrected chi connectivity index (χ0v) is 13.3. The molecular formula is C17H27N2O2+. The van der Waals surface area contributed by atoms with Crippen molar-refractivity contribution < 1.29 is 14.0 Å². The number of hydrogen-bond acceptors (Lipinski definition) is 2. The third-order valence-corrected chi connectivity index (χ3v) is 5.07. The fourth-order valence-corrected chi connectivity index (χ4v) is 3.40. The Balaban J connectivity index is 2.17. The largest absolute Gasteiger partial charge is 0.410 e. The van der Waals surface area contributed by atoms with E-state index >= 15 is 0 Å². The second-order valence-electron chi connectivity index (χ2n) is 6.59. The molecule has 0 saturated heterocycles. The maximum Gasteiger partial charge on any atom is 0.409 e. The molecule has 0 radical (unpaired) electrons. The van der Waals surface area contributed by atoms with Crippen LogP contribution in [0, 0.1) is 0 Å². The third-order valence-electron chi connectivity index (χ3n) is 5.07. The van der Waals surface area contributed by atoms with E-state index in [1.165, 1.54) is 37.7 Å². The zero-order valence-electron chi connectivity index (χ0n) is 13.3. The molecule has 1 aromatic carbocycles. The van der Waals surface area contributed by atoms with Gasteiger partial charge in [-0.2, -0.15) is 0 Å². The van der Waals surface area contributed by atoms with Gasteiger partial charge in [0.05, 0.1) is 20.1 Å². The fourth-order valence-electron chi connectivity index (χ4n) is 3.40. The smallest absolute Gasteiger partial charge is 0.409 e. The van der Waals surface area contributed by atoms with Gasteiger partial charge in [-0.25, -0.2) is 4.79 Å². The van der Waals surface area contributed by atoms with Crippen LogP contribution in [0.15, 0.2) is 24.3 Å². The lowest BCUT2D eigenvalue weighted by molar-refractivity contribution is -0.944. The van der Waals surface area contributed by atoms with Gasteiger partial charge in [0.25, 0.3) is 0 Å². The minimum Gasteiger partial charge on any atom is -0.410 e. The van der Waals surface area contributed by atoms with Crippen molar-refractivity contribution in [1.29, 1.82) is 0 Å². The average Bonchev–Trinajstić information content (AvgIpc) is 2.47. The Morgan fingerprint density at radius 1 is 1.29 bits per heavy atom. The lowest BCUT2D eigenvalue weighted by Crippen LogP contribution is -2.51. The minimum absolute atomic E-state index is 0.351. The van der Waals surface area contributed by atoms with E-state index in [9.17, 15) is 4.79 Å². The van der Waals surface area contributed by atoms with Crippen molar-refractivity contribution >= 4 is 6.09 Å². The summed E-state index contributed by atoms with van der Waals surface area (Å²) in [5, 5.41) is 0. The Morgan fingerprint density at radius 2 is 1.95 bits per heavy atom. The molecule has 0 bridgehead atoms. The summed E-state index contributed by atoms with van der Waals surface area (Å²) in [6.07, 6.45) is 5.88. The number of benzene rings is 1. The molecule has 21 heavy (non-hydrogen) atoms. The summed E-state index contributed by atoms with van der Waals surface area (Å²) in [6.45, 7) is 2.25. The van der Waals surface area contributed by atoms with Crippen molar-refractivity contribution in [2.45, 2.75) is 51.1 Å². The highest BCUT2D eigenvalue weighted by Gasteiger charge is 2.35. The van der Waals surface area contributed by atoms with Crippen LogP contribution >= 0.6 is 0 Å². The molecule has 0 heterocycles. The van der Waals surface area contributed by atoms with E-state index in [-0.39, 0.29) is 0 Å². The Labute approximate surface area is 127 Å². The molecule has 2 rings (SSSR count). The van der Waals surface area contributed by atoms with Crippen molar-refractivity contribution in [2.75, 3.05) is 14.1 Å². The van der Waals surface area contributed by atoms with E-state index in [1.54, 1.807) is 6.07 Å². The number of ether oxygens (including phenoxy) is 1. The van der Waals surface area contributed by atoms with Crippen molar-refractivity contribution in [3.8, 4) is 5.75 Å².